The topological polar surface area (TPSA) is 39.9 Å². The van der Waals surface area contributed by atoms with Crippen molar-refractivity contribution in [3.63, 3.8) is 0 Å². The maximum atomic E-state index is 5.99. The van der Waals surface area contributed by atoms with E-state index in [2.05, 4.69) is 9.97 Å². The van der Waals surface area contributed by atoms with E-state index in [0.29, 0.717) is 22.4 Å². The quantitative estimate of drug-likeness (QED) is 0.691. The van der Waals surface area contributed by atoms with Gasteiger partial charge in [-0.1, -0.05) is 11.6 Å². The Kier molecular flexibility index (Phi) is 3.51. The van der Waals surface area contributed by atoms with Crippen molar-refractivity contribution < 1.29 is 4.74 Å². The Balaban J connectivity index is 2.28. The highest BCUT2D eigenvalue weighted by atomic mass is 35.5. The summed E-state index contributed by atoms with van der Waals surface area (Å²) in [5, 5.41) is 0.677. The molecule has 0 amide bonds. The van der Waals surface area contributed by atoms with Crippen LogP contribution < -0.4 is 4.74 Å². The van der Waals surface area contributed by atoms with Crippen LogP contribution in [0.5, 0.6) is 5.88 Å². The van der Waals surface area contributed by atoms with Crippen LogP contribution in [0, 0.1) is 0 Å². The van der Waals surface area contributed by atoms with Crippen molar-refractivity contribution >= 4 is 34.4 Å². The van der Waals surface area contributed by atoms with E-state index in [1.165, 1.54) is 0 Å². The molecule has 0 bridgehead atoms. The van der Waals surface area contributed by atoms with Gasteiger partial charge in [-0.05, 0) is 30.3 Å². The van der Waals surface area contributed by atoms with Gasteiger partial charge >= 0.3 is 0 Å². The lowest BCUT2D eigenvalue weighted by Crippen LogP contribution is -2.00. The third kappa shape index (κ3) is 2.21. The second kappa shape index (κ2) is 5.31. The van der Waals surface area contributed by atoms with Gasteiger partial charge in [-0.2, -0.15) is 4.98 Å². The second-order valence-corrected chi connectivity index (χ2v) is 4.87. The maximum absolute atomic E-state index is 5.99. The van der Waals surface area contributed by atoms with Gasteiger partial charge < -0.3 is 4.74 Å². The van der Waals surface area contributed by atoms with E-state index >= 15 is 0 Å². The summed E-state index contributed by atoms with van der Waals surface area (Å²) < 4.78 is 7.07. The molecule has 2 aromatic heterocycles. The Hall–Kier alpha value is -1.78. The average Bonchev–Trinajstić information content (AvgIpc) is 2.85. The lowest BCUT2D eigenvalue weighted by Gasteiger charge is -2.07. The molecule has 20 heavy (non-hydrogen) atoms. The zero-order chi connectivity index (χ0) is 14.1. The van der Waals surface area contributed by atoms with Crippen molar-refractivity contribution in [1.82, 2.24) is 14.5 Å². The zero-order valence-corrected chi connectivity index (χ0v) is 12.2. The Morgan fingerprint density at radius 1 is 1.10 bits per heavy atom. The van der Waals surface area contributed by atoms with Gasteiger partial charge in [-0.15, -0.1) is 11.6 Å². The van der Waals surface area contributed by atoms with Gasteiger partial charge in [-0.3, -0.25) is 4.57 Å². The fraction of sp³-hybridized carbons (Fsp3) is 0.143. The highest BCUT2D eigenvalue weighted by Crippen LogP contribution is 2.24. The van der Waals surface area contributed by atoms with E-state index < -0.39 is 0 Å². The Morgan fingerprint density at radius 3 is 2.50 bits per heavy atom. The largest absolute Gasteiger partial charge is 0.481 e. The normalized spacial score (nSPS) is 10.9. The van der Waals surface area contributed by atoms with E-state index in [9.17, 15) is 0 Å². The van der Waals surface area contributed by atoms with Crippen molar-refractivity contribution in [3.8, 4) is 11.6 Å². The standard InChI is InChI=1S/C14H11Cl2N3O/c1-20-13-7-6-11-14(18-13)19(12(8-15)17-11)10-4-2-9(16)3-5-10/h2-7H,8H2,1H3. The molecule has 0 aliphatic rings. The highest BCUT2D eigenvalue weighted by Gasteiger charge is 2.13. The first-order valence-electron chi connectivity index (χ1n) is 5.97. The summed E-state index contributed by atoms with van der Waals surface area (Å²) in [7, 11) is 1.58. The summed E-state index contributed by atoms with van der Waals surface area (Å²) in [4.78, 5) is 8.93. The molecule has 0 N–H and O–H groups in total. The molecule has 0 saturated carbocycles. The fourth-order valence-electron chi connectivity index (χ4n) is 2.05. The van der Waals surface area contributed by atoms with E-state index in [1.807, 2.05) is 34.9 Å². The molecule has 0 aliphatic heterocycles. The van der Waals surface area contributed by atoms with Crippen LogP contribution in [0.4, 0.5) is 0 Å². The van der Waals surface area contributed by atoms with Crippen LogP contribution in [0.2, 0.25) is 5.02 Å². The molecule has 3 rings (SSSR count). The molecule has 0 saturated heterocycles. The van der Waals surface area contributed by atoms with E-state index in [0.717, 1.165) is 17.0 Å². The van der Waals surface area contributed by atoms with Gasteiger partial charge in [0, 0.05) is 16.8 Å². The number of alkyl halides is 1. The first-order chi connectivity index (χ1) is 9.72. The number of aromatic nitrogens is 3. The SMILES string of the molecule is COc1ccc2nc(CCl)n(-c3ccc(Cl)cc3)c2n1. The van der Waals surface area contributed by atoms with Gasteiger partial charge in [0.2, 0.25) is 5.88 Å². The van der Waals surface area contributed by atoms with Gasteiger partial charge in [-0.25, -0.2) is 4.98 Å². The molecule has 6 heteroatoms. The monoisotopic (exact) mass is 307 g/mol. The number of halogens is 2. The van der Waals surface area contributed by atoms with Crippen LogP contribution in [0.25, 0.3) is 16.9 Å². The Morgan fingerprint density at radius 2 is 1.85 bits per heavy atom. The number of imidazole rings is 1. The van der Waals surface area contributed by atoms with Gasteiger partial charge in [0.25, 0.3) is 0 Å². The first-order valence-corrected chi connectivity index (χ1v) is 6.88. The second-order valence-electron chi connectivity index (χ2n) is 4.17. The summed E-state index contributed by atoms with van der Waals surface area (Å²) >= 11 is 11.9. The molecule has 1 aromatic carbocycles. The lowest BCUT2D eigenvalue weighted by atomic mass is 10.3. The molecule has 0 unspecified atom stereocenters. The van der Waals surface area contributed by atoms with Crippen molar-refractivity contribution in [2.75, 3.05) is 7.11 Å². The number of benzene rings is 1. The summed E-state index contributed by atoms with van der Waals surface area (Å²) in [5.74, 6) is 1.56. The average molecular weight is 308 g/mol. The van der Waals surface area contributed by atoms with Gasteiger partial charge in [0.05, 0.1) is 13.0 Å². The van der Waals surface area contributed by atoms with Crippen LogP contribution >= 0.6 is 23.2 Å². The van der Waals surface area contributed by atoms with Crippen molar-refractivity contribution in [2.45, 2.75) is 5.88 Å². The van der Waals surface area contributed by atoms with Gasteiger partial charge in [0.1, 0.15) is 11.3 Å². The minimum Gasteiger partial charge on any atom is -0.481 e. The summed E-state index contributed by atoms with van der Waals surface area (Å²) in [5.41, 5.74) is 2.40. The molecular weight excluding hydrogens is 297 g/mol. The van der Waals surface area contributed by atoms with Crippen LogP contribution in [0.1, 0.15) is 5.82 Å². The van der Waals surface area contributed by atoms with Crippen LogP contribution in [-0.2, 0) is 5.88 Å². The van der Waals surface area contributed by atoms with Gasteiger partial charge in [0.15, 0.2) is 5.65 Å². The third-order valence-electron chi connectivity index (χ3n) is 2.96. The zero-order valence-electron chi connectivity index (χ0n) is 10.7. The van der Waals surface area contributed by atoms with Crippen molar-refractivity contribution in [2.24, 2.45) is 0 Å². The number of pyridine rings is 1. The predicted molar refractivity (Wildman–Crippen MR) is 80.0 cm³/mol. The third-order valence-corrected chi connectivity index (χ3v) is 3.45. The minimum absolute atomic E-state index is 0.293. The van der Waals surface area contributed by atoms with Crippen LogP contribution in [0.15, 0.2) is 36.4 Å². The Bertz CT molecular complexity index is 753. The Labute approximate surface area is 125 Å². The fourth-order valence-corrected chi connectivity index (χ4v) is 2.36. The summed E-state index contributed by atoms with van der Waals surface area (Å²) in [6.45, 7) is 0. The summed E-state index contributed by atoms with van der Waals surface area (Å²) in [6, 6.07) is 11.1. The minimum atomic E-state index is 0.293. The number of rotatable bonds is 3. The highest BCUT2D eigenvalue weighted by molar-refractivity contribution is 6.30. The molecule has 0 radical (unpaired) electrons. The molecule has 0 fully saturated rings. The van der Waals surface area contributed by atoms with Crippen LogP contribution in [0.3, 0.4) is 0 Å². The number of nitrogens with zero attached hydrogens (tertiary/aromatic N) is 3. The lowest BCUT2D eigenvalue weighted by molar-refractivity contribution is 0.399. The predicted octanol–water partition coefficient (Wildman–Crippen LogP) is 3.82. The van der Waals surface area contributed by atoms with E-state index in [-0.39, 0.29) is 0 Å². The molecule has 0 aliphatic carbocycles. The molecule has 0 spiro atoms. The molecule has 2 heterocycles. The number of hydrogen-bond acceptors (Lipinski definition) is 3. The number of hydrogen-bond donors (Lipinski definition) is 0. The molecule has 0 atom stereocenters. The smallest absolute Gasteiger partial charge is 0.215 e. The number of ether oxygens (including phenoxy) is 1. The first kappa shape index (κ1) is 13.2. The molecule has 3 aromatic rings. The van der Waals surface area contributed by atoms with Crippen molar-refractivity contribution in [3.05, 3.63) is 47.2 Å². The molecular formula is C14H11Cl2N3O. The number of methoxy groups -OCH3 is 1. The van der Waals surface area contributed by atoms with E-state index in [1.54, 1.807) is 13.2 Å². The van der Waals surface area contributed by atoms with E-state index in [4.69, 9.17) is 27.9 Å². The summed E-state index contributed by atoms with van der Waals surface area (Å²) in [6.07, 6.45) is 0. The van der Waals surface area contributed by atoms with Crippen LogP contribution in [-0.4, -0.2) is 21.6 Å². The molecule has 102 valence electrons. The molecule has 4 nitrogen and oxygen atoms in total. The number of fused-ring (bicyclic) bond motifs is 1. The van der Waals surface area contributed by atoms with Crippen molar-refractivity contribution in [1.29, 1.82) is 0 Å². The maximum Gasteiger partial charge on any atom is 0.215 e.